The molecule has 0 radical (unpaired) electrons. The van der Waals surface area contributed by atoms with Gasteiger partial charge >= 0.3 is 13.7 Å². The van der Waals surface area contributed by atoms with Crippen LogP contribution in [0.25, 0.3) is 11.3 Å². The molecule has 2 amide bonds. The number of hydrogen-bond donors (Lipinski definition) is 2. The molecule has 1 heterocycles. The summed E-state index contributed by atoms with van der Waals surface area (Å²) in [5, 5.41) is 14.8. The van der Waals surface area contributed by atoms with Crippen LogP contribution in [-0.4, -0.2) is 32.3 Å². The van der Waals surface area contributed by atoms with Crippen LogP contribution in [0.1, 0.15) is 18.1 Å². The van der Waals surface area contributed by atoms with Gasteiger partial charge in [0.15, 0.2) is 5.76 Å². The number of nitrogens with one attached hydrogen (secondary N) is 2. The Kier molecular flexibility index (Phi) is 9.80. The molecule has 10 nitrogen and oxygen atoms in total. The van der Waals surface area contributed by atoms with E-state index in [0.717, 1.165) is 19.8 Å². The lowest BCUT2D eigenvalue weighted by Gasteiger charge is -2.20. The molecule has 1 atom stereocenters. The Labute approximate surface area is 229 Å². The van der Waals surface area contributed by atoms with Crippen LogP contribution in [-0.2, 0) is 29.8 Å². The molecule has 0 spiro atoms. The first-order chi connectivity index (χ1) is 18.1. The maximum Gasteiger partial charge on any atom is 0.408 e. The minimum atomic E-state index is -4.12. The number of hydrogen-bond acceptors (Lipinski definition) is 9. The highest BCUT2D eigenvalue weighted by atomic mass is 35.5. The number of amides is 2. The quantitative estimate of drug-likeness (QED) is 0.247. The highest BCUT2D eigenvalue weighted by Crippen LogP contribution is 2.49. The van der Waals surface area contributed by atoms with E-state index >= 15 is 0 Å². The molecule has 2 N–H and O–H groups in total. The van der Waals surface area contributed by atoms with Crippen molar-refractivity contribution >= 4 is 54.6 Å². The third-order valence-corrected chi connectivity index (χ3v) is 7.99. The SMILES string of the molecule is COP(=O)(OC)c1c(NC(=O)[C@H](C)NC(=O)OCc2ccccc2)oc(-c2ccc(Cl)cc2)c(C#N)c1=S. The molecular weight excluding hydrogens is 553 g/mol. The van der Waals surface area contributed by atoms with Crippen molar-refractivity contribution < 1.29 is 32.4 Å². The number of anilines is 1. The smallest absolute Gasteiger partial charge is 0.408 e. The van der Waals surface area contributed by atoms with Gasteiger partial charge in [-0.05, 0) is 36.8 Å². The zero-order chi connectivity index (χ0) is 27.9. The third kappa shape index (κ3) is 6.67. The number of carbonyl (C=O) groups is 2. The lowest BCUT2D eigenvalue weighted by atomic mass is 10.1. The van der Waals surface area contributed by atoms with Gasteiger partial charge < -0.3 is 23.5 Å². The van der Waals surface area contributed by atoms with Gasteiger partial charge in [0, 0.05) is 24.8 Å². The number of benzene rings is 2. The number of ether oxygens (including phenoxy) is 1. The molecule has 0 aliphatic rings. The van der Waals surface area contributed by atoms with E-state index in [1.165, 1.54) is 6.92 Å². The number of alkyl carbamates (subject to hydrolysis) is 1. The fourth-order valence-electron chi connectivity index (χ4n) is 3.25. The van der Waals surface area contributed by atoms with Crippen molar-refractivity contribution in [1.82, 2.24) is 5.32 Å². The van der Waals surface area contributed by atoms with Crippen molar-refractivity contribution in [2.24, 2.45) is 0 Å². The first-order valence-electron chi connectivity index (χ1n) is 11.0. The maximum absolute atomic E-state index is 13.4. The van der Waals surface area contributed by atoms with E-state index in [1.54, 1.807) is 48.5 Å². The van der Waals surface area contributed by atoms with Gasteiger partial charge in [-0.3, -0.25) is 14.7 Å². The average Bonchev–Trinajstić information content (AvgIpc) is 2.92. The van der Waals surface area contributed by atoms with Crippen LogP contribution in [0.5, 0.6) is 0 Å². The largest absolute Gasteiger partial charge is 0.445 e. The van der Waals surface area contributed by atoms with Crippen LogP contribution >= 0.6 is 31.4 Å². The Morgan fingerprint density at radius 3 is 2.34 bits per heavy atom. The van der Waals surface area contributed by atoms with Gasteiger partial charge in [-0.25, -0.2) is 4.79 Å². The summed E-state index contributed by atoms with van der Waals surface area (Å²) in [6.45, 7) is 1.41. The van der Waals surface area contributed by atoms with Crippen molar-refractivity contribution in [3.63, 3.8) is 0 Å². The zero-order valence-corrected chi connectivity index (χ0v) is 23.0. The van der Waals surface area contributed by atoms with Crippen LogP contribution < -0.4 is 15.9 Å². The Bertz CT molecular complexity index is 1470. The summed E-state index contributed by atoms with van der Waals surface area (Å²) in [4.78, 5) is 25.2. The number of carbonyl (C=O) groups excluding carboxylic acids is 2. The summed E-state index contributed by atoms with van der Waals surface area (Å²) >= 11 is 11.4. The summed E-state index contributed by atoms with van der Waals surface area (Å²) in [7, 11) is -1.88. The Hall–Kier alpha value is -3.52. The second kappa shape index (κ2) is 12.8. The Morgan fingerprint density at radius 2 is 1.76 bits per heavy atom. The van der Waals surface area contributed by atoms with E-state index in [1.807, 2.05) is 12.1 Å². The summed E-state index contributed by atoms with van der Waals surface area (Å²) < 4.78 is 34.3. The van der Waals surface area contributed by atoms with Crippen molar-refractivity contribution in [1.29, 1.82) is 5.26 Å². The molecule has 0 saturated heterocycles. The Balaban J connectivity index is 1.94. The molecule has 3 rings (SSSR count). The van der Waals surface area contributed by atoms with E-state index in [-0.39, 0.29) is 33.6 Å². The zero-order valence-electron chi connectivity index (χ0n) is 20.5. The van der Waals surface area contributed by atoms with Gasteiger partial charge in [-0.1, -0.05) is 54.2 Å². The third-order valence-electron chi connectivity index (χ3n) is 5.24. The second-order valence-electron chi connectivity index (χ2n) is 7.71. The lowest BCUT2D eigenvalue weighted by Crippen LogP contribution is -2.42. The van der Waals surface area contributed by atoms with Crippen LogP contribution in [0.15, 0.2) is 59.0 Å². The molecule has 38 heavy (non-hydrogen) atoms. The van der Waals surface area contributed by atoms with Gasteiger partial charge in [-0.2, -0.15) is 5.26 Å². The van der Waals surface area contributed by atoms with E-state index < -0.39 is 25.6 Å². The highest BCUT2D eigenvalue weighted by Gasteiger charge is 2.35. The molecule has 13 heteroatoms. The van der Waals surface area contributed by atoms with Crippen molar-refractivity contribution in [2.45, 2.75) is 19.6 Å². The Morgan fingerprint density at radius 1 is 1.13 bits per heavy atom. The summed E-state index contributed by atoms with van der Waals surface area (Å²) in [6.07, 6.45) is -0.834. The van der Waals surface area contributed by atoms with E-state index in [2.05, 4.69) is 10.6 Å². The number of nitrogens with zero attached hydrogens (tertiary/aromatic N) is 1. The molecule has 0 bridgehead atoms. The maximum atomic E-state index is 13.4. The van der Waals surface area contributed by atoms with Crippen molar-refractivity contribution in [3.05, 3.63) is 75.3 Å². The fourth-order valence-corrected chi connectivity index (χ4v) is 5.17. The van der Waals surface area contributed by atoms with Crippen LogP contribution in [0.3, 0.4) is 0 Å². The number of rotatable bonds is 9. The molecule has 0 unspecified atom stereocenters. The molecule has 0 aliphatic heterocycles. The fraction of sp³-hybridized carbons (Fsp3) is 0.200. The molecule has 0 saturated carbocycles. The van der Waals surface area contributed by atoms with Gasteiger partial charge in [-0.15, -0.1) is 0 Å². The second-order valence-corrected chi connectivity index (χ2v) is 10.7. The van der Waals surface area contributed by atoms with Crippen LogP contribution in [0.4, 0.5) is 10.7 Å². The van der Waals surface area contributed by atoms with Gasteiger partial charge in [0.2, 0.25) is 11.8 Å². The average molecular weight is 576 g/mol. The minimum Gasteiger partial charge on any atom is -0.445 e. The topological polar surface area (TPSA) is 140 Å². The molecule has 3 aromatic rings. The molecule has 2 aromatic carbocycles. The van der Waals surface area contributed by atoms with Crippen molar-refractivity contribution in [2.75, 3.05) is 19.5 Å². The standard InChI is InChI=1S/C25H23ClN3O7PS/c1-15(28-25(31)35-14-16-7-5-4-6-8-16)23(30)29-24-21(37(32,33-2)34-3)22(38)19(13-27)20(36-24)17-9-11-18(26)12-10-17/h4-12,15H,14H2,1-3H3,(H,28,31)(H,29,30)/t15-/m0/s1. The minimum absolute atomic E-state index is 0.00470. The lowest BCUT2D eigenvalue weighted by molar-refractivity contribution is -0.117. The molecule has 1 aromatic heterocycles. The predicted molar refractivity (Wildman–Crippen MR) is 144 cm³/mol. The van der Waals surface area contributed by atoms with Gasteiger partial charge in [0.1, 0.15) is 29.6 Å². The normalized spacial score (nSPS) is 11.8. The van der Waals surface area contributed by atoms with Crippen molar-refractivity contribution in [3.8, 4) is 17.4 Å². The van der Waals surface area contributed by atoms with E-state index in [0.29, 0.717) is 10.6 Å². The summed E-state index contributed by atoms with van der Waals surface area (Å²) in [6, 6.07) is 16.1. The molecule has 198 valence electrons. The first kappa shape index (κ1) is 29.0. The summed E-state index contributed by atoms with van der Waals surface area (Å²) in [5.41, 5.74) is 1.06. The highest BCUT2D eigenvalue weighted by molar-refractivity contribution is 7.73. The van der Waals surface area contributed by atoms with Gasteiger partial charge in [0.05, 0.1) is 4.51 Å². The molecular formula is C25H23ClN3O7PS. The predicted octanol–water partition coefficient (Wildman–Crippen LogP) is 5.57. The number of halogens is 1. The monoisotopic (exact) mass is 575 g/mol. The molecule has 0 fully saturated rings. The van der Waals surface area contributed by atoms with Crippen LogP contribution in [0, 0.1) is 15.8 Å². The first-order valence-corrected chi connectivity index (χ1v) is 13.3. The van der Waals surface area contributed by atoms with Gasteiger partial charge in [0.25, 0.3) is 0 Å². The summed E-state index contributed by atoms with van der Waals surface area (Å²) in [5.74, 6) is -1.14. The van der Waals surface area contributed by atoms with Crippen LogP contribution in [0.2, 0.25) is 5.02 Å². The number of nitriles is 1. The van der Waals surface area contributed by atoms with E-state index in [9.17, 15) is 19.4 Å². The van der Waals surface area contributed by atoms with E-state index in [4.69, 9.17) is 42.0 Å². The molecule has 0 aliphatic carbocycles.